The molecule has 2 heterocycles. The van der Waals surface area contributed by atoms with Crippen molar-refractivity contribution in [3.63, 3.8) is 0 Å². The van der Waals surface area contributed by atoms with Gasteiger partial charge in [-0.15, -0.1) is 0 Å². The van der Waals surface area contributed by atoms with Crippen molar-refractivity contribution in [3.8, 4) is 0 Å². The maximum Gasteiger partial charge on any atom is 0.160 e. The molecule has 1 atom stereocenters. The van der Waals surface area contributed by atoms with Crippen molar-refractivity contribution in [1.29, 1.82) is 0 Å². The molecule has 0 amide bonds. The number of rotatable bonds is 4. The molecule has 0 radical (unpaired) electrons. The van der Waals surface area contributed by atoms with E-state index in [2.05, 4.69) is 5.10 Å². The Balaban J connectivity index is 1.73. The zero-order valence-corrected chi connectivity index (χ0v) is 11.0. The van der Waals surface area contributed by atoms with Crippen LogP contribution in [0.1, 0.15) is 12.1 Å². The van der Waals surface area contributed by atoms with Gasteiger partial charge in [0.15, 0.2) is 6.29 Å². The molecule has 1 aromatic heterocycles. The first-order valence-corrected chi connectivity index (χ1v) is 6.56. The van der Waals surface area contributed by atoms with Crippen molar-refractivity contribution in [2.45, 2.75) is 25.2 Å². The lowest BCUT2D eigenvalue weighted by molar-refractivity contribution is -0.0699. The van der Waals surface area contributed by atoms with Crippen LogP contribution in [-0.4, -0.2) is 40.5 Å². The van der Waals surface area contributed by atoms with Crippen molar-refractivity contribution in [2.24, 2.45) is 7.05 Å². The van der Waals surface area contributed by atoms with E-state index in [1.807, 2.05) is 36.0 Å². The maximum absolute atomic E-state index is 10.1. The molecule has 1 aromatic carbocycles. The first-order chi connectivity index (χ1) is 9.24. The Bertz CT molecular complexity index is 561. The van der Waals surface area contributed by atoms with Gasteiger partial charge in [-0.3, -0.25) is 4.68 Å². The Morgan fingerprint density at radius 1 is 1.37 bits per heavy atom. The number of fused-ring (bicyclic) bond motifs is 1. The summed E-state index contributed by atoms with van der Waals surface area (Å²) in [5, 5.41) is 15.7. The fourth-order valence-electron chi connectivity index (χ4n) is 2.51. The normalized spacial score (nSPS) is 18.2. The average molecular weight is 262 g/mol. The summed E-state index contributed by atoms with van der Waals surface area (Å²) in [6.07, 6.45) is 0.238. The van der Waals surface area contributed by atoms with E-state index < -0.39 is 6.10 Å². The van der Waals surface area contributed by atoms with Crippen LogP contribution in [0.5, 0.6) is 0 Å². The first-order valence-electron chi connectivity index (χ1n) is 6.56. The molecule has 5 heteroatoms. The summed E-state index contributed by atoms with van der Waals surface area (Å²) < 4.78 is 12.5. The second kappa shape index (κ2) is 5.28. The van der Waals surface area contributed by atoms with Crippen LogP contribution < -0.4 is 0 Å². The number of ether oxygens (including phenoxy) is 2. The Morgan fingerprint density at radius 3 is 2.89 bits per heavy atom. The molecular weight excluding hydrogens is 244 g/mol. The fraction of sp³-hybridized carbons (Fsp3) is 0.500. The molecule has 1 unspecified atom stereocenters. The SMILES string of the molecule is Cn1nc(CC(O)CC2OCCO2)c2ccccc21. The van der Waals surface area contributed by atoms with Gasteiger partial charge in [-0.2, -0.15) is 5.10 Å². The topological polar surface area (TPSA) is 56.5 Å². The minimum atomic E-state index is -0.499. The van der Waals surface area contributed by atoms with Gasteiger partial charge in [0.1, 0.15) is 0 Å². The second-order valence-electron chi connectivity index (χ2n) is 4.85. The van der Waals surface area contributed by atoms with Gasteiger partial charge in [0.25, 0.3) is 0 Å². The molecular formula is C14H18N2O3. The predicted molar refractivity (Wildman–Crippen MR) is 70.7 cm³/mol. The minimum Gasteiger partial charge on any atom is -0.393 e. The molecule has 2 aromatic rings. The van der Waals surface area contributed by atoms with Gasteiger partial charge in [-0.25, -0.2) is 0 Å². The maximum atomic E-state index is 10.1. The molecule has 1 saturated heterocycles. The summed E-state index contributed by atoms with van der Waals surface area (Å²) >= 11 is 0. The monoisotopic (exact) mass is 262 g/mol. The largest absolute Gasteiger partial charge is 0.393 e. The number of hydrogen-bond acceptors (Lipinski definition) is 4. The van der Waals surface area contributed by atoms with E-state index in [0.717, 1.165) is 16.6 Å². The van der Waals surface area contributed by atoms with Crippen LogP contribution in [0.3, 0.4) is 0 Å². The van der Waals surface area contributed by atoms with E-state index in [9.17, 15) is 5.11 Å². The summed E-state index contributed by atoms with van der Waals surface area (Å²) in [6.45, 7) is 1.23. The van der Waals surface area contributed by atoms with Gasteiger partial charge >= 0.3 is 0 Å². The highest BCUT2D eigenvalue weighted by molar-refractivity contribution is 5.81. The molecule has 0 aliphatic carbocycles. The lowest BCUT2D eigenvalue weighted by Crippen LogP contribution is -2.20. The van der Waals surface area contributed by atoms with Crippen molar-refractivity contribution in [1.82, 2.24) is 9.78 Å². The third-order valence-electron chi connectivity index (χ3n) is 3.42. The van der Waals surface area contributed by atoms with Crippen molar-refractivity contribution < 1.29 is 14.6 Å². The van der Waals surface area contributed by atoms with Crippen LogP contribution in [0.15, 0.2) is 24.3 Å². The molecule has 1 fully saturated rings. The highest BCUT2D eigenvalue weighted by atomic mass is 16.7. The molecule has 102 valence electrons. The van der Waals surface area contributed by atoms with Gasteiger partial charge in [-0.1, -0.05) is 18.2 Å². The highest BCUT2D eigenvalue weighted by Gasteiger charge is 2.21. The molecule has 19 heavy (non-hydrogen) atoms. The Hall–Kier alpha value is -1.43. The van der Waals surface area contributed by atoms with Gasteiger partial charge in [0, 0.05) is 25.3 Å². The molecule has 0 spiro atoms. The Morgan fingerprint density at radius 2 is 2.11 bits per heavy atom. The molecule has 0 saturated carbocycles. The number of aliphatic hydroxyl groups excluding tert-OH is 1. The number of hydrogen-bond donors (Lipinski definition) is 1. The molecule has 1 N–H and O–H groups in total. The lowest BCUT2D eigenvalue weighted by Gasteiger charge is -2.13. The first kappa shape index (κ1) is 12.6. The summed E-state index contributed by atoms with van der Waals surface area (Å²) in [4.78, 5) is 0. The number of benzene rings is 1. The van der Waals surface area contributed by atoms with E-state index in [1.165, 1.54) is 0 Å². The molecule has 3 rings (SSSR count). The number of nitrogens with zero attached hydrogens (tertiary/aromatic N) is 2. The zero-order valence-electron chi connectivity index (χ0n) is 11.0. The summed E-state index contributed by atoms with van der Waals surface area (Å²) in [5.41, 5.74) is 2.00. The average Bonchev–Trinajstić information content (AvgIpc) is 3.00. The van der Waals surface area contributed by atoms with Crippen molar-refractivity contribution in [2.75, 3.05) is 13.2 Å². The number of para-hydroxylation sites is 1. The molecule has 5 nitrogen and oxygen atoms in total. The lowest BCUT2D eigenvalue weighted by atomic mass is 10.1. The third kappa shape index (κ3) is 2.63. The van der Waals surface area contributed by atoms with Gasteiger partial charge in [0.05, 0.1) is 30.5 Å². The van der Waals surface area contributed by atoms with E-state index >= 15 is 0 Å². The molecule has 1 aliphatic heterocycles. The highest BCUT2D eigenvalue weighted by Crippen LogP contribution is 2.20. The number of aliphatic hydroxyl groups is 1. The van der Waals surface area contributed by atoms with E-state index in [-0.39, 0.29) is 6.29 Å². The van der Waals surface area contributed by atoms with Gasteiger partial charge < -0.3 is 14.6 Å². The van der Waals surface area contributed by atoms with Gasteiger partial charge in [-0.05, 0) is 6.07 Å². The van der Waals surface area contributed by atoms with E-state index in [1.54, 1.807) is 0 Å². The van der Waals surface area contributed by atoms with Crippen LogP contribution in [-0.2, 0) is 22.9 Å². The fourth-order valence-corrected chi connectivity index (χ4v) is 2.51. The number of aromatic nitrogens is 2. The molecule has 0 bridgehead atoms. The van der Waals surface area contributed by atoms with Crippen LogP contribution in [0.4, 0.5) is 0 Å². The van der Waals surface area contributed by atoms with Crippen molar-refractivity contribution in [3.05, 3.63) is 30.0 Å². The van der Waals surface area contributed by atoms with Crippen LogP contribution in [0, 0.1) is 0 Å². The predicted octanol–water partition coefficient (Wildman–Crippen LogP) is 1.24. The minimum absolute atomic E-state index is 0.273. The third-order valence-corrected chi connectivity index (χ3v) is 3.42. The molecule has 1 aliphatic rings. The summed E-state index contributed by atoms with van der Waals surface area (Å²) in [6, 6.07) is 8.04. The van der Waals surface area contributed by atoms with Crippen molar-refractivity contribution >= 4 is 10.9 Å². The van der Waals surface area contributed by atoms with E-state index in [0.29, 0.717) is 26.1 Å². The van der Waals surface area contributed by atoms with Crippen LogP contribution in [0.2, 0.25) is 0 Å². The van der Waals surface area contributed by atoms with Gasteiger partial charge in [0.2, 0.25) is 0 Å². The van der Waals surface area contributed by atoms with Crippen LogP contribution >= 0.6 is 0 Å². The standard InChI is InChI=1S/C14H18N2O3/c1-16-13-5-3-2-4-11(13)12(15-16)8-10(17)9-14-18-6-7-19-14/h2-5,10,14,17H,6-9H2,1H3. The Kier molecular flexibility index (Phi) is 3.50. The Labute approximate surface area is 111 Å². The quantitative estimate of drug-likeness (QED) is 0.900. The second-order valence-corrected chi connectivity index (χ2v) is 4.85. The van der Waals surface area contributed by atoms with E-state index in [4.69, 9.17) is 9.47 Å². The zero-order chi connectivity index (χ0) is 13.2. The summed E-state index contributed by atoms with van der Waals surface area (Å²) in [5.74, 6) is 0. The smallest absolute Gasteiger partial charge is 0.160 e. The summed E-state index contributed by atoms with van der Waals surface area (Å²) in [7, 11) is 1.92. The number of aryl methyl sites for hydroxylation is 1. The van der Waals surface area contributed by atoms with Crippen LogP contribution in [0.25, 0.3) is 10.9 Å².